The van der Waals surface area contributed by atoms with Gasteiger partial charge in [-0.15, -0.1) is 0 Å². The lowest BCUT2D eigenvalue weighted by Crippen LogP contribution is -2.54. The number of rotatable bonds is 10. The van der Waals surface area contributed by atoms with Crippen LogP contribution in [0.5, 0.6) is 5.75 Å². The summed E-state index contributed by atoms with van der Waals surface area (Å²) in [6.07, 6.45) is -0.968. The van der Waals surface area contributed by atoms with Crippen LogP contribution in [0.15, 0.2) is 72.9 Å². The highest BCUT2D eigenvalue weighted by Gasteiger charge is 2.45. The summed E-state index contributed by atoms with van der Waals surface area (Å²) in [5.41, 5.74) is 4.53. The normalized spacial score (nSPS) is 18.4. The van der Waals surface area contributed by atoms with Crippen molar-refractivity contribution in [3.05, 3.63) is 111 Å². The third kappa shape index (κ3) is 10.7. The van der Waals surface area contributed by atoms with Gasteiger partial charge in [0.1, 0.15) is 18.4 Å². The number of ether oxygens (including phenoxy) is 1. The van der Waals surface area contributed by atoms with E-state index in [2.05, 4.69) is 44.9 Å². The van der Waals surface area contributed by atoms with E-state index in [9.17, 15) is 37.6 Å². The second-order valence-electron chi connectivity index (χ2n) is 16.8. The van der Waals surface area contributed by atoms with Crippen LogP contribution < -0.4 is 19.9 Å². The van der Waals surface area contributed by atoms with E-state index < -0.39 is 41.8 Å². The average molecular weight is 915 g/mol. The molecule has 4 aliphatic rings. The molecule has 65 heavy (non-hydrogen) atoms. The molecule has 0 spiro atoms. The number of piperidine rings is 2. The average Bonchev–Trinajstić information content (AvgIpc) is 3.53. The minimum atomic E-state index is -5.08. The molecule has 3 fully saturated rings. The van der Waals surface area contributed by atoms with Gasteiger partial charge in [0.05, 0.1) is 28.5 Å². The summed E-state index contributed by atoms with van der Waals surface area (Å²) < 4.78 is 37.9. The van der Waals surface area contributed by atoms with E-state index in [1.54, 1.807) is 24.4 Å². The summed E-state index contributed by atoms with van der Waals surface area (Å²) in [5.74, 6) is -2.70. The van der Waals surface area contributed by atoms with Crippen molar-refractivity contribution in [2.75, 3.05) is 55.6 Å². The van der Waals surface area contributed by atoms with Crippen molar-refractivity contribution in [3.63, 3.8) is 0 Å². The lowest BCUT2D eigenvalue weighted by Gasteiger charge is -2.39. The molecule has 340 valence electrons. The maximum absolute atomic E-state index is 13.3. The van der Waals surface area contributed by atoms with Gasteiger partial charge in [0.15, 0.2) is 0 Å². The largest absolute Gasteiger partial charge is 0.490 e. The van der Waals surface area contributed by atoms with Gasteiger partial charge in [-0.05, 0) is 90.9 Å². The van der Waals surface area contributed by atoms with E-state index in [4.69, 9.17) is 31.2 Å². The highest BCUT2D eigenvalue weighted by Crippen LogP contribution is 2.35. The molecule has 4 aromatic rings. The highest BCUT2D eigenvalue weighted by atomic mass is 35.5. The van der Waals surface area contributed by atoms with Crippen molar-refractivity contribution in [1.82, 2.24) is 25.1 Å². The van der Waals surface area contributed by atoms with Gasteiger partial charge in [-0.3, -0.25) is 34.3 Å². The van der Waals surface area contributed by atoms with Crippen LogP contribution in [-0.2, 0) is 26.4 Å². The van der Waals surface area contributed by atoms with Crippen molar-refractivity contribution in [3.8, 4) is 11.8 Å². The molecule has 5 heterocycles. The number of alkyl halides is 3. The number of hydrogen-bond donors (Lipinski definition) is 2. The standard InChI is InChI=1S/C44H45ClN8O5.C2HF3O2/c1-44(2,31-21-29(25-46)22-32(45)23-31)30-3-6-35(7-4-30)58-27-33-11-14-47-43(48-33)52-15-12-28(13-16-52)26-50-17-19-51(20-18-50)34-5-8-36-37(24-34)42(57)53(41(36)56)38-9-10-39(54)49-40(38)55;3-2(4,5)1(6)7/h3-8,11,14,21-24,28,38H,9-10,12-13,15-20,26-27H2,1-2H3,(H,49,54,55);(H,6,7). The fourth-order valence-corrected chi connectivity index (χ4v) is 8.68. The number of carbonyl (C=O) groups excluding carboxylic acids is 4. The van der Waals surface area contributed by atoms with E-state index in [1.807, 2.05) is 48.5 Å². The molecule has 3 saturated heterocycles. The maximum atomic E-state index is 13.3. The molecule has 1 atom stereocenters. The minimum Gasteiger partial charge on any atom is -0.487 e. The molecule has 0 radical (unpaired) electrons. The number of imide groups is 2. The minimum absolute atomic E-state index is 0.0924. The Morgan fingerprint density at radius 1 is 0.877 bits per heavy atom. The zero-order chi connectivity index (χ0) is 46.6. The summed E-state index contributed by atoms with van der Waals surface area (Å²) in [5, 5.41) is 19.3. The number of halogens is 4. The number of fused-ring (bicyclic) bond motifs is 1. The predicted octanol–water partition coefficient (Wildman–Crippen LogP) is 5.98. The fourth-order valence-electron chi connectivity index (χ4n) is 8.45. The SMILES string of the molecule is CC(C)(c1ccc(OCc2ccnc(N3CCC(CN4CCN(c5ccc6c(c5)C(=O)N(C5CCC(=O)NC5=O)C6=O)CC4)CC3)n2)cc1)c1cc(Cl)cc(C#N)c1.O=C(O)C(F)(F)F. The molecule has 3 aromatic carbocycles. The molecular formula is C46H46ClF3N8O7. The highest BCUT2D eigenvalue weighted by molar-refractivity contribution is 6.30. The molecule has 1 unspecified atom stereocenters. The molecule has 0 bridgehead atoms. The first-order valence-corrected chi connectivity index (χ1v) is 21.4. The van der Waals surface area contributed by atoms with Gasteiger partial charge in [0, 0.05) is 74.6 Å². The van der Waals surface area contributed by atoms with Crippen LogP contribution in [-0.4, -0.2) is 113 Å². The lowest BCUT2D eigenvalue weighted by atomic mass is 9.78. The maximum Gasteiger partial charge on any atom is 0.490 e. The first-order chi connectivity index (χ1) is 30.9. The van der Waals surface area contributed by atoms with Gasteiger partial charge >= 0.3 is 12.1 Å². The molecular weight excluding hydrogens is 869 g/mol. The summed E-state index contributed by atoms with van der Waals surface area (Å²) in [6, 6.07) is 21.9. The number of piperazine rings is 1. The number of anilines is 2. The number of aliphatic carboxylic acids is 1. The molecule has 0 saturated carbocycles. The van der Waals surface area contributed by atoms with Crippen molar-refractivity contribution in [2.45, 2.75) is 63.8 Å². The van der Waals surface area contributed by atoms with Gasteiger partial charge < -0.3 is 19.6 Å². The Morgan fingerprint density at radius 3 is 2.20 bits per heavy atom. The molecule has 2 N–H and O–H groups in total. The Morgan fingerprint density at radius 2 is 1.55 bits per heavy atom. The number of benzene rings is 3. The number of aromatic nitrogens is 2. The van der Waals surface area contributed by atoms with Gasteiger partial charge in [-0.25, -0.2) is 14.8 Å². The number of hydrogen-bond acceptors (Lipinski definition) is 12. The Hall–Kier alpha value is -6.58. The molecule has 8 rings (SSSR count). The third-order valence-electron chi connectivity index (χ3n) is 12.2. The van der Waals surface area contributed by atoms with Crippen LogP contribution in [0.3, 0.4) is 0 Å². The Bertz CT molecular complexity index is 2520. The van der Waals surface area contributed by atoms with Crippen LogP contribution >= 0.6 is 11.6 Å². The summed E-state index contributed by atoms with van der Waals surface area (Å²) in [7, 11) is 0. The van der Waals surface area contributed by atoms with Gasteiger partial charge in [-0.2, -0.15) is 18.4 Å². The van der Waals surface area contributed by atoms with Crippen LogP contribution in [0.4, 0.5) is 24.8 Å². The number of amides is 4. The van der Waals surface area contributed by atoms with E-state index in [-0.39, 0.29) is 18.3 Å². The zero-order valence-electron chi connectivity index (χ0n) is 35.6. The van der Waals surface area contributed by atoms with Crippen LogP contribution in [0, 0.1) is 17.2 Å². The summed E-state index contributed by atoms with van der Waals surface area (Å²) >= 11 is 6.30. The van der Waals surface area contributed by atoms with Crippen molar-refractivity contribution >= 4 is 52.8 Å². The molecule has 4 amide bonds. The predicted molar refractivity (Wildman–Crippen MR) is 231 cm³/mol. The van der Waals surface area contributed by atoms with Gasteiger partial charge in [0.2, 0.25) is 17.8 Å². The molecule has 19 heteroatoms. The topological polar surface area (TPSA) is 189 Å². The Balaban J connectivity index is 0.000000833. The number of carboxylic acid groups (broad SMARTS) is 1. The third-order valence-corrected chi connectivity index (χ3v) is 12.4. The number of carboxylic acids is 1. The van der Waals surface area contributed by atoms with Crippen molar-refractivity contribution in [1.29, 1.82) is 5.26 Å². The van der Waals surface area contributed by atoms with Crippen molar-refractivity contribution in [2.24, 2.45) is 5.92 Å². The summed E-state index contributed by atoms with van der Waals surface area (Å²) in [4.78, 5) is 76.9. The first kappa shape index (κ1) is 46.4. The van der Waals surface area contributed by atoms with E-state index in [1.165, 1.54) is 0 Å². The van der Waals surface area contributed by atoms with Gasteiger partial charge in [0.25, 0.3) is 11.8 Å². The van der Waals surface area contributed by atoms with Crippen molar-refractivity contribution < 1.29 is 47.0 Å². The number of nitrogens with zero attached hydrogens (tertiary/aromatic N) is 7. The van der Waals surface area contributed by atoms with Crippen LogP contribution in [0.1, 0.15) is 82.6 Å². The van der Waals surface area contributed by atoms with E-state index in [0.29, 0.717) is 34.2 Å². The zero-order valence-corrected chi connectivity index (χ0v) is 36.4. The van der Waals surface area contributed by atoms with Gasteiger partial charge in [-0.1, -0.05) is 37.6 Å². The smallest absolute Gasteiger partial charge is 0.487 e. The van der Waals surface area contributed by atoms with E-state index >= 15 is 0 Å². The molecule has 1 aromatic heterocycles. The molecule has 0 aliphatic carbocycles. The first-order valence-electron chi connectivity index (χ1n) is 21.1. The van der Waals surface area contributed by atoms with Crippen LogP contribution in [0.25, 0.3) is 0 Å². The van der Waals surface area contributed by atoms with Crippen LogP contribution in [0.2, 0.25) is 5.02 Å². The number of carbonyl (C=O) groups is 5. The van der Waals surface area contributed by atoms with E-state index in [0.717, 1.165) is 97.8 Å². The summed E-state index contributed by atoms with van der Waals surface area (Å²) in [6.45, 7) is 10.7. The monoisotopic (exact) mass is 914 g/mol. The number of nitriles is 1. The number of nitrogens with one attached hydrogen (secondary N) is 1. The molecule has 4 aliphatic heterocycles. The second kappa shape index (κ2) is 19.3. The fraction of sp³-hybridized carbons (Fsp3) is 0.391. The molecule has 15 nitrogen and oxygen atoms in total. The lowest BCUT2D eigenvalue weighted by molar-refractivity contribution is -0.192. The Kier molecular flexibility index (Phi) is 13.8. The second-order valence-corrected chi connectivity index (χ2v) is 17.3. The quantitative estimate of drug-likeness (QED) is 0.177. The Labute approximate surface area is 377 Å².